The largest absolute Gasteiger partial charge is 0.337 e. The molecular formula is C9H4ClN3S. The maximum Gasteiger partial charge on any atom is 0.182 e. The second kappa shape index (κ2) is 4.57. The monoisotopic (exact) mass is 221 g/mol. The highest BCUT2D eigenvalue weighted by Gasteiger charge is 2.03. The first-order valence-electron chi connectivity index (χ1n) is 3.58. The molecule has 0 amide bonds. The van der Waals surface area contributed by atoms with Gasteiger partial charge in [-0.05, 0) is 30.4 Å². The van der Waals surface area contributed by atoms with E-state index in [9.17, 15) is 0 Å². The predicted octanol–water partition coefficient (Wildman–Crippen LogP) is 2.47. The minimum absolute atomic E-state index is 0.00349. The highest BCUT2D eigenvalue weighted by molar-refractivity contribution is 7.81. The van der Waals surface area contributed by atoms with E-state index in [0.717, 1.165) is 0 Å². The van der Waals surface area contributed by atoms with Crippen molar-refractivity contribution in [1.82, 2.24) is 0 Å². The van der Waals surface area contributed by atoms with Crippen molar-refractivity contribution in [2.24, 2.45) is 0 Å². The van der Waals surface area contributed by atoms with E-state index in [1.807, 2.05) is 6.07 Å². The summed E-state index contributed by atoms with van der Waals surface area (Å²) < 4.78 is 0. The number of nitriles is 2. The first-order valence-corrected chi connectivity index (χ1v) is 4.36. The second-order valence-electron chi connectivity index (χ2n) is 2.37. The van der Waals surface area contributed by atoms with E-state index in [2.05, 4.69) is 17.5 Å². The summed E-state index contributed by atoms with van der Waals surface area (Å²) in [5, 5.41) is 20.3. The summed E-state index contributed by atoms with van der Waals surface area (Å²) in [5.41, 5.74) is 0.846. The third-order valence-corrected chi connectivity index (χ3v) is 1.88. The Morgan fingerprint density at radius 3 is 2.71 bits per heavy atom. The van der Waals surface area contributed by atoms with Gasteiger partial charge in [0.25, 0.3) is 0 Å². The van der Waals surface area contributed by atoms with Crippen molar-refractivity contribution in [3.05, 3.63) is 28.8 Å². The van der Waals surface area contributed by atoms with E-state index in [-0.39, 0.29) is 4.99 Å². The summed E-state index contributed by atoms with van der Waals surface area (Å²) in [4.78, 5) is 0.00349. The molecule has 0 atom stereocenters. The Hall–Kier alpha value is -1.62. The van der Waals surface area contributed by atoms with Crippen LogP contribution in [0.4, 0.5) is 5.69 Å². The van der Waals surface area contributed by atoms with Crippen LogP contribution in [0.5, 0.6) is 0 Å². The van der Waals surface area contributed by atoms with Gasteiger partial charge < -0.3 is 5.32 Å². The van der Waals surface area contributed by atoms with Gasteiger partial charge in [0.15, 0.2) is 4.99 Å². The molecule has 1 N–H and O–H groups in total. The molecule has 0 radical (unpaired) electrons. The van der Waals surface area contributed by atoms with Crippen LogP contribution in [0.3, 0.4) is 0 Å². The fourth-order valence-corrected chi connectivity index (χ4v) is 1.15. The Kier molecular flexibility index (Phi) is 3.41. The van der Waals surface area contributed by atoms with Gasteiger partial charge >= 0.3 is 0 Å². The molecule has 0 unspecified atom stereocenters. The molecule has 5 heteroatoms. The lowest BCUT2D eigenvalue weighted by Gasteiger charge is -2.04. The first kappa shape index (κ1) is 10.5. The molecule has 0 aromatic heterocycles. The van der Waals surface area contributed by atoms with Gasteiger partial charge in [-0.1, -0.05) is 11.6 Å². The van der Waals surface area contributed by atoms with E-state index in [4.69, 9.17) is 22.1 Å². The Labute approximate surface area is 91.5 Å². The summed E-state index contributed by atoms with van der Waals surface area (Å²) in [5.74, 6) is 0. The van der Waals surface area contributed by atoms with Crippen LogP contribution in [0.15, 0.2) is 18.2 Å². The zero-order valence-corrected chi connectivity index (χ0v) is 8.49. The lowest BCUT2D eigenvalue weighted by Crippen LogP contribution is -2.06. The second-order valence-corrected chi connectivity index (χ2v) is 3.21. The van der Waals surface area contributed by atoms with Crippen molar-refractivity contribution >= 4 is 34.5 Å². The van der Waals surface area contributed by atoms with Crippen molar-refractivity contribution in [1.29, 1.82) is 10.5 Å². The number of halogens is 1. The molecule has 0 bridgehead atoms. The molecule has 3 nitrogen and oxygen atoms in total. The summed E-state index contributed by atoms with van der Waals surface area (Å²) in [6.07, 6.45) is 0. The van der Waals surface area contributed by atoms with Crippen LogP contribution in [0.25, 0.3) is 0 Å². The quantitative estimate of drug-likeness (QED) is 0.741. The van der Waals surface area contributed by atoms with E-state index in [0.29, 0.717) is 16.3 Å². The average Bonchev–Trinajstić information content (AvgIpc) is 2.18. The van der Waals surface area contributed by atoms with Crippen LogP contribution >= 0.6 is 23.8 Å². The number of anilines is 1. The van der Waals surface area contributed by atoms with E-state index in [1.54, 1.807) is 24.3 Å². The highest BCUT2D eigenvalue weighted by Crippen LogP contribution is 2.20. The van der Waals surface area contributed by atoms with Crippen LogP contribution in [0.2, 0.25) is 5.02 Å². The topological polar surface area (TPSA) is 59.6 Å². The van der Waals surface area contributed by atoms with Gasteiger partial charge in [-0.3, -0.25) is 0 Å². The number of nitrogens with one attached hydrogen (secondary N) is 1. The number of rotatable bonds is 1. The summed E-state index contributed by atoms with van der Waals surface area (Å²) in [7, 11) is 0. The van der Waals surface area contributed by atoms with Crippen molar-refractivity contribution in [2.45, 2.75) is 0 Å². The Bertz CT molecular complexity index is 456. The SMILES string of the molecule is N#CC(=S)Nc1cc(Cl)ccc1C#N. The lowest BCUT2D eigenvalue weighted by atomic mass is 10.2. The summed E-state index contributed by atoms with van der Waals surface area (Å²) >= 11 is 10.4. The van der Waals surface area contributed by atoms with E-state index >= 15 is 0 Å². The van der Waals surface area contributed by atoms with Gasteiger partial charge in [0.1, 0.15) is 12.1 Å². The van der Waals surface area contributed by atoms with Gasteiger partial charge in [-0.15, -0.1) is 0 Å². The van der Waals surface area contributed by atoms with Crippen LogP contribution in [-0.4, -0.2) is 4.99 Å². The standard InChI is InChI=1S/C9H4ClN3S/c10-7-2-1-6(4-11)8(3-7)13-9(14)5-12/h1-3H,(H,13,14). The predicted molar refractivity (Wildman–Crippen MR) is 58.0 cm³/mol. The van der Waals surface area contributed by atoms with E-state index in [1.165, 1.54) is 0 Å². The number of thiocarbonyl (C=S) groups is 1. The molecule has 14 heavy (non-hydrogen) atoms. The molecule has 0 heterocycles. The molecule has 0 saturated heterocycles. The first-order chi connectivity index (χ1) is 6.67. The lowest BCUT2D eigenvalue weighted by molar-refractivity contribution is 1.48. The number of hydrogen-bond donors (Lipinski definition) is 1. The maximum atomic E-state index is 8.74. The third kappa shape index (κ3) is 2.43. The maximum absolute atomic E-state index is 8.74. The zero-order chi connectivity index (χ0) is 10.6. The molecule has 68 valence electrons. The normalized spacial score (nSPS) is 8.50. The minimum atomic E-state index is 0.00349. The summed E-state index contributed by atoms with van der Waals surface area (Å²) in [6.45, 7) is 0. The molecule has 0 fully saturated rings. The molecule has 0 aliphatic heterocycles. The fourth-order valence-electron chi connectivity index (χ4n) is 0.868. The molecular weight excluding hydrogens is 218 g/mol. The smallest absolute Gasteiger partial charge is 0.182 e. The Morgan fingerprint density at radius 1 is 1.43 bits per heavy atom. The Morgan fingerprint density at radius 2 is 2.14 bits per heavy atom. The molecule has 1 rings (SSSR count). The van der Waals surface area contributed by atoms with Gasteiger partial charge in [-0.25, -0.2) is 0 Å². The number of benzene rings is 1. The van der Waals surface area contributed by atoms with Crippen molar-refractivity contribution in [2.75, 3.05) is 5.32 Å². The summed E-state index contributed by atoms with van der Waals surface area (Å²) in [6, 6.07) is 8.42. The fraction of sp³-hybridized carbons (Fsp3) is 0. The zero-order valence-electron chi connectivity index (χ0n) is 6.91. The molecule has 0 aliphatic rings. The van der Waals surface area contributed by atoms with Crippen LogP contribution in [0.1, 0.15) is 5.56 Å². The van der Waals surface area contributed by atoms with E-state index < -0.39 is 0 Å². The van der Waals surface area contributed by atoms with Crippen molar-refractivity contribution in [3.63, 3.8) is 0 Å². The average molecular weight is 222 g/mol. The van der Waals surface area contributed by atoms with Gasteiger partial charge in [0, 0.05) is 5.02 Å². The van der Waals surface area contributed by atoms with Gasteiger partial charge in [-0.2, -0.15) is 10.5 Å². The number of hydrogen-bond acceptors (Lipinski definition) is 3. The van der Waals surface area contributed by atoms with Crippen molar-refractivity contribution < 1.29 is 0 Å². The molecule has 0 spiro atoms. The van der Waals surface area contributed by atoms with Gasteiger partial charge in [0.05, 0.1) is 11.3 Å². The van der Waals surface area contributed by atoms with Crippen LogP contribution in [0, 0.1) is 22.7 Å². The molecule has 0 aliphatic carbocycles. The third-order valence-electron chi connectivity index (χ3n) is 1.45. The Balaban J connectivity index is 3.08. The van der Waals surface area contributed by atoms with Gasteiger partial charge in [0.2, 0.25) is 0 Å². The molecule has 1 aromatic carbocycles. The van der Waals surface area contributed by atoms with Crippen LogP contribution < -0.4 is 5.32 Å². The van der Waals surface area contributed by atoms with Crippen molar-refractivity contribution in [3.8, 4) is 12.1 Å². The van der Waals surface area contributed by atoms with Crippen LogP contribution in [-0.2, 0) is 0 Å². The highest BCUT2D eigenvalue weighted by atomic mass is 35.5. The molecule has 0 saturated carbocycles. The minimum Gasteiger partial charge on any atom is -0.337 e. The number of nitrogens with zero attached hydrogens (tertiary/aromatic N) is 2. The molecule has 1 aromatic rings.